The van der Waals surface area contributed by atoms with Crippen LogP contribution in [-0.4, -0.2) is 64.9 Å². The normalized spacial score (nSPS) is 11.8. The smallest absolute Gasteiger partial charge is 0.191 e. The molecule has 1 rings (SSSR count). The summed E-state index contributed by atoms with van der Waals surface area (Å²) in [7, 11) is 7.21. The molecule has 136 valence electrons. The molecular weight excluding hydrogens is 304 g/mol. The molecule has 0 aliphatic carbocycles. The predicted molar refractivity (Wildman–Crippen MR) is 100 cm³/mol. The maximum atomic E-state index is 5.33. The summed E-state index contributed by atoms with van der Waals surface area (Å²) in [5.74, 6) is 2.34. The summed E-state index contributed by atoms with van der Waals surface area (Å²) in [5.41, 5.74) is 1.19. The zero-order chi connectivity index (χ0) is 17.9. The number of hydrogen-bond acceptors (Lipinski definition) is 4. The number of hydrogen-bond donors (Lipinski definition) is 2. The summed E-state index contributed by atoms with van der Waals surface area (Å²) in [6.07, 6.45) is 0.882. The molecule has 0 fully saturated rings. The second-order valence-electron chi connectivity index (χ2n) is 5.94. The number of nitrogens with one attached hydrogen (secondary N) is 2. The minimum Gasteiger partial charge on any atom is -0.493 e. The molecular formula is C18H32N4O2. The van der Waals surface area contributed by atoms with Gasteiger partial charge >= 0.3 is 0 Å². The van der Waals surface area contributed by atoms with Crippen LogP contribution in [0.3, 0.4) is 0 Å². The third-order valence-corrected chi connectivity index (χ3v) is 4.02. The van der Waals surface area contributed by atoms with E-state index in [4.69, 9.17) is 9.47 Å². The van der Waals surface area contributed by atoms with E-state index in [1.54, 1.807) is 21.3 Å². The molecule has 0 aromatic heterocycles. The molecule has 1 aromatic rings. The Balaban J connectivity index is 2.39. The van der Waals surface area contributed by atoms with Crippen molar-refractivity contribution < 1.29 is 9.47 Å². The fourth-order valence-corrected chi connectivity index (χ4v) is 2.19. The first-order chi connectivity index (χ1) is 11.5. The largest absolute Gasteiger partial charge is 0.493 e. The third kappa shape index (κ3) is 6.66. The Morgan fingerprint density at radius 1 is 1.12 bits per heavy atom. The van der Waals surface area contributed by atoms with Gasteiger partial charge < -0.3 is 25.0 Å². The van der Waals surface area contributed by atoms with Crippen molar-refractivity contribution in [2.45, 2.75) is 26.3 Å². The van der Waals surface area contributed by atoms with E-state index >= 15 is 0 Å². The van der Waals surface area contributed by atoms with E-state index in [-0.39, 0.29) is 0 Å². The van der Waals surface area contributed by atoms with E-state index in [1.165, 1.54) is 5.56 Å². The van der Waals surface area contributed by atoms with Crippen LogP contribution in [0.5, 0.6) is 11.5 Å². The highest BCUT2D eigenvalue weighted by Crippen LogP contribution is 2.27. The molecule has 0 saturated carbocycles. The van der Waals surface area contributed by atoms with E-state index in [0.717, 1.165) is 43.5 Å². The number of methoxy groups -OCH3 is 2. The minimum absolute atomic E-state index is 0.548. The highest BCUT2D eigenvalue weighted by molar-refractivity contribution is 5.79. The van der Waals surface area contributed by atoms with Gasteiger partial charge in [0.25, 0.3) is 0 Å². The van der Waals surface area contributed by atoms with Crippen LogP contribution in [-0.2, 0) is 6.42 Å². The summed E-state index contributed by atoms with van der Waals surface area (Å²) < 4.78 is 10.6. The van der Waals surface area contributed by atoms with Gasteiger partial charge in [0.2, 0.25) is 0 Å². The number of nitrogens with zero attached hydrogens (tertiary/aromatic N) is 2. The topological polar surface area (TPSA) is 58.1 Å². The van der Waals surface area contributed by atoms with Crippen LogP contribution in [0.1, 0.15) is 19.4 Å². The molecule has 0 atom stereocenters. The van der Waals surface area contributed by atoms with Crippen LogP contribution < -0.4 is 20.1 Å². The lowest BCUT2D eigenvalue weighted by molar-refractivity contribution is 0.278. The SMILES string of the molecule is CN=C(NCCc1ccc(OC)c(OC)c1)NCCN(C)C(C)C. The Kier molecular flexibility index (Phi) is 9.01. The molecule has 0 radical (unpaired) electrons. The van der Waals surface area contributed by atoms with E-state index in [0.29, 0.717) is 6.04 Å². The lowest BCUT2D eigenvalue weighted by atomic mass is 10.1. The van der Waals surface area contributed by atoms with Crippen LogP contribution >= 0.6 is 0 Å². The molecule has 0 bridgehead atoms. The fourth-order valence-electron chi connectivity index (χ4n) is 2.19. The molecule has 0 saturated heterocycles. The average Bonchev–Trinajstić information content (AvgIpc) is 2.59. The lowest BCUT2D eigenvalue weighted by Gasteiger charge is -2.21. The van der Waals surface area contributed by atoms with Crippen molar-refractivity contribution in [3.8, 4) is 11.5 Å². The van der Waals surface area contributed by atoms with Gasteiger partial charge in [0.1, 0.15) is 0 Å². The van der Waals surface area contributed by atoms with Crippen molar-refractivity contribution in [1.82, 2.24) is 15.5 Å². The van der Waals surface area contributed by atoms with Crippen molar-refractivity contribution >= 4 is 5.96 Å². The minimum atomic E-state index is 0.548. The molecule has 0 spiro atoms. The van der Waals surface area contributed by atoms with E-state index in [1.807, 2.05) is 12.1 Å². The van der Waals surface area contributed by atoms with Gasteiger partial charge in [-0.1, -0.05) is 6.07 Å². The Morgan fingerprint density at radius 2 is 1.79 bits per heavy atom. The molecule has 24 heavy (non-hydrogen) atoms. The Morgan fingerprint density at radius 3 is 2.38 bits per heavy atom. The molecule has 0 aliphatic rings. The number of benzene rings is 1. The van der Waals surface area contributed by atoms with Gasteiger partial charge in [0.15, 0.2) is 17.5 Å². The molecule has 2 N–H and O–H groups in total. The Labute approximate surface area is 146 Å². The van der Waals surface area contributed by atoms with Crippen LogP contribution in [0.2, 0.25) is 0 Å². The van der Waals surface area contributed by atoms with Crippen molar-refractivity contribution in [2.75, 3.05) is 47.9 Å². The van der Waals surface area contributed by atoms with E-state index in [2.05, 4.69) is 47.5 Å². The first kappa shape index (κ1) is 20.1. The van der Waals surface area contributed by atoms with Gasteiger partial charge in [-0.3, -0.25) is 4.99 Å². The number of rotatable bonds is 9. The van der Waals surface area contributed by atoms with Gasteiger partial charge in [-0.15, -0.1) is 0 Å². The van der Waals surface area contributed by atoms with Crippen molar-refractivity contribution in [3.63, 3.8) is 0 Å². The zero-order valence-corrected chi connectivity index (χ0v) is 15.8. The number of ether oxygens (including phenoxy) is 2. The summed E-state index contributed by atoms with van der Waals surface area (Å²) in [5, 5.41) is 6.67. The summed E-state index contributed by atoms with van der Waals surface area (Å²) >= 11 is 0. The summed E-state index contributed by atoms with van der Waals surface area (Å²) in [4.78, 5) is 6.55. The number of aliphatic imine (C=N–C) groups is 1. The second-order valence-corrected chi connectivity index (χ2v) is 5.94. The van der Waals surface area contributed by atoms with Gasteiger partial charge in [-0.2, -0.15) is 0 Å². The van der Waals surface area contributed by atoms with E-state index < -0.39 is 0 Å². The molecule has 0 amide bonds. The second kappa shape index (κ2) is 10.8. The first-order valence-corrected chi connectivity index (χ1v) is 8.37. The van der Waals surface area contributed by atoms with Crippen LogP contribution in [0.15, 0.2) is 23.2 Å². The summed E-state index contributed by atoms with van der Waals surface area (Å²) in [6, 6.07) is 6.54. The molecule has 6 nitrogen and oxygen atoms in total. The van der Waals surface area contributed by atoms with E-state index in [9.17, 15) is 0 Å². The fraction of sp³-hybridized carbons (Fsp3) is 0.611. The van der Waals surface area contributed by atoms with Crippen molar-refractivity contribution in [1.29, 1.82) is 0 Å². The van der Waals surface area contributed by atoms with Crippen LogP contribution in [0, 0.1) is 0 Å². The maximum absolute atomic E-state index is 5.33. The lowest BCUT2D eigenvalue weighted by Crippen LogP contribution is -2.42. The zero-order valence-electron chi connectivity index (χ0n) is 15.8. The van der Waals surface area contributed by atoms with Crippen LogP contribution in [0.25, 0.3) is 0 Å². The van der Waals surface area contributed by atoms with Gasteiger partial charge in [-0.05, 0) is 45.0 Å². The molecule has 6 heteroatoms. The monoisotopic (exact) mass is 336 g/mol. The highest BCUT2D eigenvalue weighted by Gasteiger charge is 2.06. The van der Waals surface area contributed by atoms with Crippen LogP contribution in [0.4, 0.5) is 0 Å². The van der Waals surface area contributed by atoms with Crippen molar-refractivity contribution in [2.24, 2.45) is 4.99 Å². The number of guanidine groups is 1. The summed E-state index contributed by atoms with van der Waals surface area (Å²) in [6.45, 7) is 7.03. The maximum Gasteiger partial charge on any atom is 0.191 e. The Hall–Kier alpha value is -1.95. The molecule has 1 aromatic carbocycles. The molecule has 0 aliphatic heterocycles. The van der Waals surface area contributed by atoms with Gasteiger partial charge in [0.05, 0.1) is 14.2 Å². The first-order valence-electron chi connectivity index (χ1n) is 8.37. The standard InChI is InChI=1S/C18H32N4O2/c1-14(2)22(4)12-11-21-18(19-3)20-10-9-15-7-8-16(23-5)17(13-15)24-6/h7-8,13-14H,9-12H2,1-6H3,(H2,19,20,21). The highest BCUT2D eigenvalue weighted by atomic mass is 16.5. The quantitative estimate of drug-likeness (QED) is 0.531. The molecule has 0 unspecified atom stereocenters. The number of likely N-dealkylation sites (N-methyl/N-ethyl adjacent to an activating group) is 1. The average molecular weight is 336 g/mol. The van der Waals surface area contributed by atoms with Gasteiger partial charge in [0, 0.05) is 32.7 Å². The predicted octanol–water partition coefficient (Wildman–Crippen LogP) is 1.75. The Bertz CT molecular complexity index is 518. The third-order valence-electron chi connectivity index (χ3n) is 4.02. The van der Waals surface area contributed by atoms with Gasteiger partial charge in [-0.25, -0.2) is 0 Å². The molecule has 0 heterocycles. The van der Waals surface area contributed by atoms with Crippen molar-refractivity contribution in [3.05, 3.63) is 23.8 Å².